The maximum absolute atomic E-state index is 10.8. The van der Waals surface area contributed by atoms with Crippen molar-refractivity contribution < 1.29 is 4.79 Å². The normalized spacial score (nSPS) is 10.2. The van der Waals surface area contributed by atoms with E-state index in [0.29, 0.717) is 6.54 Å². The van der Waals surface area contributed by atoms with Crippen molar-refractivity contribution >= 4 is 28.5 Å². The van der Waals surface area contributed by atoms with Crippen LogP contribution < -0.4 is 11.3 Å². The van der Waals surface area contributed by atoms with E-state index in [1.807, 2.05) is 11.8 Å². The highest BCUT2D eigenvalue weighted by molar-refractivity contribution is 14.1. The van der Waals surface area contributed by atoms with Gasteiger partial charge in [0.1, 0.15) is 0 Å². The van der Waals surface area contributed by atoms with Gasteiger partial charge in [-0.1, -0.05) is 29.5 Å². The van der Waals surface area contributed by atoms with Crippen LogP contribution in [0.25, 0.3) is 0 Å². The molecule has 0 bridgehead atoms. The number of amides is 1. The number of halogens is 1. The predicted molar refractivity (Wildman–Crippen MR) is 53.3 cm³/mol. The first kappa shape index (κ1) is 11.1. The lowest BCUT2D eigenvalue weighted by Gasteiger charge is -2.17. The van der Waals surface area contributed by atoms with E-state index in [0.717, 1.165) is 17.5 Å². The number of nitrogens with zero attached hydrogens (tertiary/aromatic N) is 1. The first-order valence-corrected chi connectivity index (χ1v) is 5.04. The van der Waals surface area contributed by atoms with Crippen molar-refractivity contribution in [2.75, 3.05) is 24.1 Å². The van der Waals surface area contributed by atoms with Crippen molar-refractivity contribution in [2.24, 2.45) is 5.84 Å². The molecule has 0 saturated heterocycles. The van der Waals surface area contributed by atoms with E-state index in [1.54, 1.807) is 0 Å². The van der Waals surface area contributed by atoms with Gasteiger partial charge in [-0.25, -0.2) is 5.84 Å². The molecule has 0 fully saturated rings. The summed E-state index contributed by atoms with van der Waals surface area (Å²) < 4.78 is 1.03. The Bertz CT molecular complexity index is 120. The van der Waals surface area contributed by atoms with E-state index in [1.165, 1.54) is 0 Å². The third-order valence-corrected chi connectivity index (χ3v) is 1.86. The summed E-state index contributed by atoms with van der Waals surface area (Å²) in [6.45, 7) is 4.24. The fraction of sp³-hybridized carbons (Fsp3) is 0.833. The molecule has 0 aliphatic rings. The van der Waals surface area contributed by atoms with Gasteiger partial charge >= 0.3 is 0 Å². The average Bonchev–Trinajstić information content (AvgIpc) is 2.03. The number of hydrogen-bond donors (Lipinski definition) is 2. The van der Waals surface area contributed by atoms with Gasteiger partial charge < -0.3 is 0 Å². The number of alkyl halides is 1. The summed E-state index contributed by atoms with van der Waals surface area (Å²) in [5, 5.41) is 0. The Morgan fingerprint density at radius 1 is 1.73 bits per heavy atom. The molecule has 0 aromatic carbocycles. The van der Waals surface area contributed by atoms with E-state index >= 15 is 0 Å². The summed E-state index contributed by atoms with van der Waals surface area (Å²) in [5.41, 5.74) is 2.11. The average molecular weight is 271 g/mol. The van der Waals surface area contributed by atoms with Gasteiger partial charge in [-0.05, 0) is 6.54 Å². The number of carbonyl (C=O) groups is 1. The number of carbonyl (C=O) groups excluding carboxylic acids is 1. The van der Waals surface area contributed by atoms with Crippen molar-refractivity contribution in [2.45, 2.75) is 6.92 Å². The van der Waals surface area contributed by atoms with Crippen LogP contribution in [-0.4, -0.2) is 34.9 Å². The van der Waals surface area contributed by atoms with Crippen molar-refractivity contribution in [1.29, 1.82) is 0 Å². The fourth-order valence-electron chi connectivity index (χ4n) is 0.717. The standard InChI is InChI=1S/C6H14IN3O/c1-2-10(4-3-7)5-6(11)9-8/h2-5,8H2,1H3,(H,9,11). The summed E-state index contributed by atoms with van der Waals surface area (Å²) in [7, 11) is 0. The van der Waals surface area contributed by atoms with Crippen LogP contribution >= 0.6 is 22.6 Å². The van der Waals surface area contributed by atoms with Crippen LogP contribution in [0.4, 0.5) is 0 Å². The zero-order chi connectivity index (χ0) is 8.69. The lowest BCUT2D eigenvalue weighted by Crippen LogP contribution is -2.40. The zero-order valence-corrected chi connectivity index (χ0v) is 8.80. The fourth-order valence-corrected chi connectivity index (χ4v) is 1.40. The molecule has 0 aliphatic carbocycles. The van der Waals surface area contributed by atoms with Crippen LogP contribution in [0.5, 0.6) is 0 Å². The maximum atomic E-state index is 10.8. The smallest absolute Gasteiger partial charge is 0.248 e. The van der Waals surface area contributed by atoms with Crippen LogP contribution in [0.2, 0.25) is 0 Å². The van der Waals surface area contributed by atoms with Crippen LogP contribution in [-0.2, 0) is 4.79 Å². The summed E-state index contributed by atoms with van der Waals surface area (Å²) >= 11 is 2.28. The van der Waals surface area contributed by atoms with Gasteiger partial charge in [0.25, 0.3) is 0 Å². The van der Waals surface area contributed by atoms with Gasteiger partial charge in [0, 0.05) is 11.0 Å². The summed E-state index contributed by atoms with van der Waals surface area (Å²) in [4.78, 5) is 12.8. The van der Waals surface area contributed by atoms with Crippen molar-refractivity contribution in [3.05, 3.63) is 0 Å². The maximum Gasteiger partial charge on any atom is 0.248 e. The molecule has 0 aliphatic heterocycles. The summed E-state index contributed by atoms with van der Waals surface area (Å²) in [5.74, 6) is 4.82. The van der Waals surface area contributed by atoms with E-state index in [9.17, 15) is 4.79 Å². The Hall–Kier alpha value is 0.120. The molecule has 66 valence electrons. The topological polar surface area (TPSA) is 58.4 Å². The van der Waals surface area contributed by atoms with Crippen LogP contribution in [0.3, 0.4) is 0 Å². The lowest BCUT2D eigenvalue weighted by atomic mass is 10.4. The minimum Gasteiger partial charge on any atom is -0.294 e. The Morgan fingerprint density at radius 2 is 2.36 bits per heavy atom. The summed E-state index contributed by atoms with van der Waals surface area (Å²) in [6, 6.07) is 0. The molecule has 0 heterocycles. The molecular formula is C6H14IN3O. The number of nitrogens with one attached hydrogen (secondary N) is 1. The Labute approximate surface area is 80.6 Å². The van der Waals surface area contributed by atoms with E-state index in [4.69, 9.17) is 5.84 Å². The molecule has 4 nitrogen and oxygen atoms in total. The largest absolute Gasteiger partial charge is 0.294 e. The Kier molecular flexibility index (Phi) is 6.88. The zero-order valence-electron chi connectivity index (χ0n) is 6.64. The monoisotopic (exact) mass is 271 g/mol. The molecule has 1 amide bonds. The number of hydrogen-bond acceptors (Lipinski definition) is 3. The second-order valence-corrected chi connectivity index (χ2v) is 3.20. The second-order valence-electron chi connectivity index (χ2n) is 2.13. The van der Waals surface area contributed by atoms with Crippen LogP contribution in [0, 0.1) is 0 Å². The molecule has 0 atom stereocenters. The Morgan fingerprint density at radius 3 is 2.73 bits per heavy atom. The number of rotatable bonds is 5. The highest BCUT2D eigenvalue weighted by Crippen LogP contribution is 1.90. The van der Waals surface area contributed by atoms with Crippen molar-refractivity contribution in [3.8, 4) is 0 Å². The highest BCUT2D eigenvalue weighted by Gasteiger charge is 2.05. The number of likely N-dealkylation sites (N-methyl/N-ethyl adjacent to an activating group) is 1. The third-order valence-electron chi connectivity index (χ3n) is 1.38. The summed E-state index contributed by atoms with van der Waals surface area (Å²) in [6.07, 6.45) is 0. The number of hydrazine groups is 1. The molecule has 0 spiro atoms. The van der Waals surface area contributed by atoms with Gasteiger partial charge in [-0.3, -0.25) is 15.1 Å². The van der Waals surface area contributed by atoms with Crippen LogP contribution in [0.15, 0.2) is 0 Å². The first-order valence-electron chi connectivity index (χ1n) is 3.52. The van der Waals surface area contributed by atoms with Gasteiger partial charge in [0.15, 0.2) is 0 Å². The minimum absolute atomic E-state index is 0.128. The molecule has 5 heteroatoms. The highest BCUT2D eigenvalue weighted by atomic mass is 127. The van der Waals surface area contributed by atoms with Gasteiger partial charge in [-0.2, -0.15) is 0 Å². The lowest BCUT2D eigenvalue weighted by molar-refractivity contribution is -0.122. The molecule has 0 aromatic heterocycles. The van der Waals surface area contributed by atoms with E-state index in [2.05, 4.69) is 28.0 Å². The molecular weight excluding hydrogens is 257 g/mol. The molecule has 0 unspecified atom stereocenters. The molecule has 11 heavy (non-hydrogen) atoms. The molecule has 0 radical (unpaired) electrons. The minimum atomic E-state index is -0.128. The molecule has 0 rings (SSSR count). The van der Waals surface area contributed by atoms with Crippen LogP contribution in [0.1, 0.15) is 6.92 Å². The van der Waals surface area contributed by atoms with Gasteiger partial charge in [-0.15, -0.1) is 0 Å². The number of nitrogens with two attached hydrogens (primary N) is 1. The molecule has 3 N–H and O–H groups in total. The first-order chi connectivity index (χ1) is 5.24. The van der Waals surface area contributed by atoms with Crippen molar-refractivity contribution in [1.82, 2.24) is 10.3 Å². The van der Waals surface area contributed by atoms with Crippen molar-refractivity contribution in [3.63, 3.8) is 0 Å². The predicted octanol–water partition coefficient (Wildman–Crippen LogP) is -0.267. The second kappa shape index (κ2) is 6.81. The molecule has 0 saturated carbocycles. The van der Waals surface area contributed by atoms with Gasteiger partial charge in [0.2, 0.25) is 5.91 Å². The quantitative estimate of drug-likeness (QED) is 0.238. The SMILES string of the molecule is CCN(CCI)CC(=O)NN. The Balaban J connectivity index is 3.58. The molecule has 0 aromatic rings. The van der Waals surface area contributed by atoms with Gasteiger partial charge in [0.05, 0.1) is 6.54 Å². The van der Waals surface area contributed by atoms with E-state index in [-0.39, 0.29) is 5.91 Å². The van der Waals surface area contributed by atoms with E-state index < -0.39 is 0 Å². The third kappa shape index (κ3) is 5.40.